The van der Waals surface area contributed by atoms with Gasteiger partial charge in [-0.15, -0.1) is 15.0 Å². The Kier molecular flexibility index (Phi) is 7.68. The number of rotatable bonds is 9. The lowest BCUT2D eigenvalue weighted by Gasteiger charge is -2.14. The van der Waals surface area contributed by atoms with Crippen molar-refractivity contribution in [1.82, 2.24) is 30.5 Å². The zero-order chi connectivity index (χ0) is 24.0. The Morgan fingerprint density at radius 1 is 1.12 bits per heavy atom. The fourth-order valence-corrected chi connectivity index (χ4v) is 4.53. The summed E-state index contributed by atoms with van der Waals surface area (Å²) in [6, 6.07) is 10.6. The van der Waals surface area contributed by atoms with Gasteiger partial charge < -0.3 is 14.8 Å². The van der Waals surface area contributed by atoms with Gasteiger partial charge in [-0.2, -0.15) is 0 Å². The van der Waals surface area contributed by atoms with Gasteiger partial charge in [-0.1, -0.05) is 44.6 Å². The van der Waals surface area contributed by atoms with Gasteiger partial charge in [-0.05, 0) is 47.9 Å². The molecule has 180 valence electrons. The number of hydrogen-bond donors (Lipinski definition) is 1. The van der Waals surface area contributed by atoms with Gasteiger partial charge in [0.15, 0.2) is 6.73 Å². The van der Waals surface area contributed by atoms with Crippen molar-refractivity contribution in [2.75, 3.05) is 6.61 Å². The van der Waals surface area contributed by atoms with Crippen LogP contribution >= 0.6 is 0 Å². The molecule has 3 aromatic rings. The molecule has 1 N–H and O–H groups in total. The Morgan fingerprint density at radius 3 is 2.71 bits per heavy atom. The average molecular weight is 481 g/mol. The summed E-state index contributed by atoms with van der Waals surface area (Å²) in [6.07, 6.45) is 7.37. The van der Waals surface area contributed by atoms with E-state index in [-0.39, 0.29) is 12.8 Å². The molecule has 0 spiro atoms. The van der Waals surface area contributed by atoms with E-state index in [2.05, 4.69) is 45.4 Å². The first kappa shape index (κ1) is 24.0. The van der Waals surface area contributed by atoms with Crippen LogP contribution in [0.2, 0.25) is 25.7 Å². The number of amides is 1. The van der Waals surface area contributed by atoms with Gasteiger partial charge in [0.25, 0.3) is 0 Å². The molecule has 1 aromatic carbocycles. The summed E-state index contributed by atoms with van der Waals surface area (Å²) in [5, 5.41) is 15.6. The number of pyridine rings is 1. The maximum absolute atomic E-state index is 12.2. The molecule has 1 fully saturated rings. The van der Waals surface area contributed by atoms with Crippen molar-refractivity contribution < 1.29 is 14.3 Å². The molecular weight excluding hydrogens is 448 g/mol. The number of carbonyl (C=O) groups is 1. The number of hydrogen-bond acceptors (Lipinski definition) is 7. The van der Waals surface area contributed by atoms with Crippen LogP contribution < -0.4 is 10.1 Å². The standard InChI is InChI=1S/C24H32N6O3Si/c1-34(2,3)12-11-32-17-30-28-23(27-29-30)20-13-19(15-25-16-20)18-7-6-10-22(14-18)33-24(31)26-21-8-4-5-9-21/h6-7,10,13-16,21H,4-5,8-9,11-12,17H2,1-3H3,(H,26,31). The highest BCUT2D eigenvalue weighted by atomic mass is 28.3. The molecule has 2 heterocycles. The van der Waals surface area contributed by atoms with Gasteiger partial charge in [0.05, 0.1) is 0 Å². The molecule has 10 heteroatoms. The summed E-state index contributed by atoms with van der Waals surface area (Å²) in [5.74, 6) is 0.962. The Balaban J connectivity index is 1.39. The molecule has 0 unspecified atom stereocenters. The van der Waals surface area contributed by atoms with Crippen molar-refractivity contribution >= 4 is 14.2 Å². The third-order valence-electron chi connectivity index (χ3n) is 5.71. The van der Waals surface area contributed by atoms with Crippen molar-refractivity contribution in [3.8, 4) is 28.3 Å². The van der Waals surface area contributed by atoms with Gasteiger partial charge in [-0.3, -0.25) is 4.98 Å². The van der Waals surface area contributed by atoms with Crippen LogP contribution in [0.5, 0.6) is 5.75 Å². The summed E-state index contributed by atoms with van der Waals surface area (Å²) in [6.45, 7) is 7.91. The molecule has 1 saturated carbocycles. The van der Waals surface area contributed by atoms with Crippen LogP contribution in [0.15, 0.2) is 42.7 Å². The molecule has 0 bridgehead atoms. The summed E-state index contributed by atoms with van der Waals surface area (Å²) in [7, 11) is -1.13. The number of tetrazole rings is 1. The lowest BCUT2D eigenvalue weighted by molar-refractivity contribution is 0.0674. The van der Waals surface area contributed by atoms with Gasteiger partial charge in [0.1, 0.15) is 5.75 Å². The summed E-state index contributed by atoms with van der Waals surface area (Å²) < 4.78 is 11.2. The number of aromatic nitrogens is 5. The molecule has 2 aromatic heterocycles. The maximum atomic E-state index is 12.2. The van der Waals surface area contributed by atoms with Gasteiger partial charge >= 0.3 is 6.09 Å². The van der Waals surface area contributed by atoms with Crippen LogP contribution in [0.4, 0.5) is 4.79 Å². The van der Waals surface area contributed by atoms with E-state index in [4.69, 9.17) is 9.47 Å². The van der Waals surface area contributed by atoms with E-state index in [1.165, 1.54) is 4.80 Å². The molecule has 1 aliphatic carbocycles. The van der Waals surface area contributed by atoms with Gasteiger partial charge in [-0.25, -0.2) is 4.79 Å². The normalized spacial score (nSPS) is 14.3. The smallest absolute Gasteiger partial charge is 0.410 e. The van der Waals surface area contributed by atoms with Crippen LogP contribution in [0.1, 0.15) is 25.7 Å². The fourth-order valence-electron chi connectivity index (χ4n) is 3.77. The van der Waals surface area contributed by atoms with Crippen molar-refractivity contribution in [3.05, 3.63) is 42.7 Å². The first-order chi connectivity index (χ1) is 16.4. The van der Waals surface area contributed by atoms with E-state index < -0.39 is 14.2 Å². The molecule has 4 rings (SSSR count). The van der Waals surface area contributed by atoms with Crippen molar-refractivity contribution in [2.45, 2.75) is 64.1 Å². The van der Waals surface area contributed by atoms with Crippen molar-refractivity contribution in [3.63, 3.8) is 0 Å². The second kappa shape index (κ2) is 10.9. The van der Waals surface area contributed by atoms with Crippen molar-refractivity contribution in [2.24, 2.45) is 0 Å². The molecule has 9 nitrogen and oxygen atoms in total. The van der Waals surface area contributed by atoms with E-state index in [9.17, 15) is 4.79 Å². The minimum Gasteiger partial charge on any atom is -0.410 e. The van der Waals surface area contributed by atoms with E-state index in [0.717, 1.165) is 48.4 Å². The molecule has 0 radical (unpaired) electrons. The van der Waals surface area contributed by atoms with E-state index in [1.54, 1.807) is 18.5 Å². The Bertz CT molecular complexity index is 1110. The zero-order valence-corrected chi connectivity index (χ0v) is 21.0. The second-order valence-electron chi connectivity index (χ2n) is 9.84. The van der Waals surface area contributed by atoms with Crippen LogP contribution in [-0.4, -0.2) is 52.0 Å². The fraction of sp³-hybridized carbons (Fsp3) is 0.458. The Hall–Kier alpha value is -3.11. The predicted octanol–water partition coefficient (Wildman–Crippen LogP) is 4.75. The molecule has 1 aliphatic rings. The Morgan fingerprint density at radius 2 is 1.91 bits per heavy atom. The summed E-state index contributed by atoms with van der Waals surface area (Å²) in [5.41, 5.74) is 2.49. The lowest BCUT2D eigenvalue weighted by Crippen LogP contribution is -2.34. The molecular formula is C24H32N6O3Si. The highest BCUT2D eigenvalue weighted by Crippen LogP contribution is 2.26. The first-order valence-corrected chi connectivity index (χ1v) is 15.5. The largest absolute Gasteiger partial charge is 0.412 e. The number of carbonyl (C=O) groups excluding carboxylic acids is 1. The molecule has 0 atom stereocenters. The maximum Gasteiger partial charge on any atom is 0.412 e. The highest BCUT2D eigenvalue weighted by molar-refractivity contribution is 6.76. The average Bonchev–Trinajstić information content (AvgIpc) is 3.49. The zero-order valence-electron chi connectivity index (χ0n) is 20.0. The predicted molar refractivity (Wildman–Crippen MR) is 132 cm³/mol. The van der Waals surface area contributed by atoms with Gasteiger partial charge in [0, 0.05) is 44.2 Å². The third-order valence-corrected chi connectivity index (χ3v) is 7.41. The van der Waals surface area contributed by atoms with Crippen LogP contribution in [0.3, 0.4) is 0 Å². The molecule has 0 aliphatic heterocycles. The van der Waals surface area contributed by atoms with Crippen LogP contribution in [0.25, 0.3) is 22.5 Å². The highest BCUT2D eigenvalue weighted by Gasteiger charge is 2.18. The number of benzene rings is 1. The number of nitrogens with zero attached hydrogens (tertiary/aromatic N) is 5. The number of ether oxygens (including phenoxy) is 2. The lowest BCUT2D eigenvalue weighted by atomic mass is 10.1. The van der Waals surface area contributed by atoms with E-state index in [1.807, 2.05) is 24.3 Å². The monoisotopic (exact) mass is 480 g/mol. The quantitative estimate of drug-likeness (QED) is 0.348. The Labute approximate surface area is 200 Å². The molecule has 34 heavy (non-hydrogen) atoms. The van der Waals surface area contributed by atoms with E-state index in [0.29, 0.717) is 18.2 Å². The van der Waals surface area contributed by atoms with E-state index >= 15 is 0 Å². The number of nitrogens with one attached hydrogen (secondary N) is 1. The summed E-state index contributed by atoms with van der Waals surface area (Å²) >= 11 is 0. The minimum absolute atomic E-state index is 0.211. The first-order valence-electron chi connectivity index (χ1n) is 11.8. The second-order valence-corrected chi connectivity index (χ2v) is 15.5. The van der Waals surface area contributed by atoms with Gasteiger partial charge in [0.2, 0.25) is 5.82 Å². The van der Waals surface area contributed by atoms with Crippen molar-refractivity contribution in [1.29, 1.82) is 0 Å². The molecule has 1 amide bonds. The SMILES string of the molecule is C[Si](C)(C)CCOCn1nnc(-c2cncc(-c3cccc(OC(=O)NC4CCCC4)c3)c2)n1. The summed E-state index contributed by atoms with van der Waals surface area (Å²) in [4.78, 5) is 18.0. The van der Waals surface area contributed by atoms with Crippen LogP contribution in [-0.2, 0) is 11.5 Å². The van der Waals surface area contributed by atoms with Crippen LogP contribution in [0, 0.1) is 0 Å². The minimum atomic E-state index is -1.13. The topological polar surface area (TPSA) is 104 Å². The molecule has 0 saturated heterocycles. The third kappa shape index (κ3) is 6.94.